The van der Waals surface area contributed by atoms with Gasteiger partial charge in [-0.1, -0.05) is 0 Å². The molecule has 0 atom stereocenters. The number of aromatic nitrogens is 4. The summed E-state index contributed by atoms with van der Waals surface area (Å²) in [5.41, 5.74) is 2.30. The summed E-state index contributed by atoms with van der Waals surface area (Å²) in [6.45, 7) is 3.85. The van der Waals surface area contributed by atoms with Crippen molar-refractivity contribution in [1.82, 2.24) is 24.4 Å². The third kappa shape index (κ3) is 4.10. The van der Waals surface area contributed by atoms with E-state index in [0.717, 1.165) is 50.5 Å². The van der Waals surface area contributed by atoms with Crippen molar-refractivity contribution in [2.24, 2.45) is 5.92 Å². The number of piperidine rings is 1. The first-order valence-corrected chi connectivity index (χ1v) is 10.3. The van der Waals surface area contributed by atoms with Gasteiger partial charge in [0, 0.05) is 48.9 Å². The van der Waals surface area contributed by atoms with Crippen LogP contribution in [0.25, 0.3) is 0 Å². The molecule has 0 radical (unpaired) electrons. The molecule has 0 N–H and O–H groups in total. The maximum atomic E-state index is 12.3. The Morgan fingerprint density at radius 1 is 0.926 bits per heavy atom. The van der Waals surface area contributed by atoms with Gasteiger partial charge in [0.15, 0.2) is 0 Å². The zero-order valence-corrected chi connectivity index (χ0v) is 15.8. The molecule has 0 spiro atoms. The van der Waals surface area contributed by atoms with Crippen molar-refractivity contribution in [2.45, 2.75) is 63.5 Å². The summed E-state index contributed by atoms with van der Waals surface area (Å²) in [6.07, 6.45) is 12.9. The summed E-state index contributed by atoms with van der Waals surface area (Å²) >= 11 is 0. The molecular formula is C21H27N5O. The maximum absolute atomic E-state index is 12.3. The van der Waals surface area contributed by atoms with Gasteiger partial charge in [0.2, 0.25) is 0 Å². The molecule has 6 nitrogen and oxygen atoms in total. The molecule has 0 bridgehead atoms. The molecule has 1 saturated heterocycles. The summed E-state index contributed by atoms with van der Waals surface area (Å²) < 4.78 is 1.80. The second-order valence-electron chi connectivity index (χ2n) is 8.52. The fraction of sp³-hybridized carbons (Fsp3) is 0.619. The number of nitrogens with zero attached hydrogens (tertiary/aromatic N) is 5. The third-order valence-corrected chi connectivity index (χ3v) is 6.13. The Morgan fingerprint density at radius 2 is 1.63 bits per heavy atom. The van der Waals surface area contributed by atoms with E-state index in [4.69, 9.17) is 0 Å². The van der Waals surface area contributed by atoms with Gasteiger partial charge in [0.1, 0.15) is 5.82 Å². The second kappa shape index (κ2) is 7.15. The molecule has 1 aliphatic heterocycles. The van der Waals surface area contributed by atoms with E-state index in [1.807, 2.05) is 12.4 Å². The molecule has 27 heavy (non-hydrogen) atoms. The van der Waals surface area contributed by atoms with E-state index < -0.39 is 0 Å². The first kappa shape index (κ1) is 17.0. The van der Waals surface area contributed by atoms with Crippen LogP contribution in [0.15, 0.2) is 29.6 Å². The Labute approximate surface area is 159 Å². The fourth-order valence-corrected chi connectivity index (χ4v) is 4.04. The number of likely N-dealkylation sites (tertiary alicyclic amines) is 1. The van der Waals surface area contributed by atoms with Crippen LogP contribution in [0.1, 0.15) is 67.4 Å². The zero-order valence-electron chi connectivity index (χ0n) is 15.8. The summed E-state index contributed by atoms with van der Waals surface area (Å²) in [7, 11) is 0. The average molecular weight is 365 g/mol. The predicted octanol–water partition coefficient (Wildman–Crippen LogP) is 2.70. The van der Waals surface area contributed by atoms with Gasteiger partial charge in [0.25, 0.3) is 5.56 Å². The van der Waals surface area contributed by atoms with Crippen LogP contribution in [0.3, 0.4) is 0 Å². The molecule has 6 heteroatoms. The van der Waals surface area contributed by atoms with Crippen LogP contribution in [0.5, 0.6) is 0 Å². The van der Waals surface area contributed by atoms with Crippen LogP contribution in [-0.2, 0) is 13.1 Å². The standard InChI is InChI=1S/C21H27N5O/c27-20-9-19(17-1-2-17)24-14-26(20)13-15-5-7-25(8-6-15)12-16-10-22-21(23-11-16)18-3-4-18/h9-11,14-15,17-18H,1-8,12-13H2. The Kier molecular flexibility index (Phi) is 4.52. The van der Waals surface area contributed by atoms with Crippen LogP contribution in [0.2, 0.25) is 0 Å². The van der Waals surface area contributed by atoms with Gasteiger partial charge in [-0.15, -0.1) is 0 Å². The van der Waals surface area contributed by atoms with Crippen LogP contribution < -0.4 is 5.56 Å². The maximum Gasteiger partial charge on any atom is 0.253 e. The molecule has 5 rings (SSSR count). The van der Waals surface area contributed by atoms with Gasteiger partial charge in [-0.05, 0) is 57.5 Å². The molecule has 2 saturated carbocycles. The fourth-order valence-electron chi connectivity index (χ4n) is 4.04. The number of hydrogen-bond acceptors (Lipinski definition) is 5. The highest BCUT2D eigenvalue weighted by atomic mass is 16.1. The smallest absolute Gasteiger partial charge is 0.253 e. The van der Waals surface area contributed by atoms with Crippen molar-refractivity contribution in [1.29, 1.82) is 0 Å². The van der Waals surface area contributed by atoms with Gasteiger partial charge in [-0.25, -0.2) is 15.0 Å². The van der Waals surface area contributed by atoms with Gasteiger partial charge in [0.05, 0.1) is 12.0 Å². The van der Waals surface area contributed by atoms with Crippen molar-refractivity contribution in [2.75, 3.05) is 13.1 Å². The van der Waals surface area contributed by atoms with E-state index >= 15 is 0 Å². The minimum absolute atomic E-state index is 0.113. The lowest BCUT2D eigenvalue weighted by Crippen LogP contribution is -2.36. The van der Waals surface area contributed by atoms with Crippen LogP contribution >= 0.6 is 0 Å². The molecular weight excluding hydrogens is 338 g/mol. The Balaban J connectivity index is 1.13. The second-order valence-corrected chi connectivity index (χ2v) is 8.52. The molecule has 3 aliphatic rings. The quantitative estimate of drug-likeness (QED) is 0.787. The van der Waals surface area contributed by atoms with E-state index in [-0.39, 0.29) is 5.56 Å². The molecule has 3 heterocycles. The van der Waals surface area contributed by atoms with Gasteiger partial charge >= 0.3 is 0 Å². The topological polar surface area (TPSA) is 63.9 Å². The zero-order chi connectivity index (χ0) is 18.2. The van der Waals surface area contributed by atoms with Gasteiger partial charge in [-0.3, -0.25) is 14.3 Å². The third-order valence-electron chi connectivity index (χ3n) is 6.13. The van der Waals surface area contributed by atoms with Crippen LogP contribution in [0, 0.1) is 5.92 Å². The van der Waals surface area contributed by atoms with Crippen LogP contribution in [-0.4, -0.2) is 37.5 Å². The van der Waals surface area contributed by atoms with E-state index in [0.29, 0.717) is 17.8 Å². The SMILES string of the molecule is O=c1cc(C2CC2)ncn1CC1CCN(Cc2cnc(C3CC3)nc2)CC1. The highest BCUT2D eigenvalue weighted by Crippen LogP contribution is 2.38. The van der Waals surface area contributed by atoms with E-state index in [2.05, 4.69) is 19.9 Å². The summed E-state index contributed by atoms with van der Waals surface area (Å²) in [4.78, 5) is 28.4. The highest BCUT2D eigenvalue weighted by Gasteiger charge is 2.27. The molecule has 2 aromatic rings. The van der Waals surface area contributed by atoms with E-state index in [9.17, 15) is 4.79 Å². The minimum Gasteiger partial charge on any atom is -0.299 e. The molecule has 3 fully saturated rings. The number of hydrogen-bond donors (Lipinski definition) is 0. The van der Waals surface area contributed by atoms with Crippen LogP contribution in [0.4, 0.5) is 0 Å². The Hall–Kier alpha value is -2.08. The molecule has 2 aromatic heterocycles. The van der Waals surface area contributed by atoms with E-state index in [1.165, 1.54) is 31.2 Å². The first-order chi connectivity index (χ1) is 13.2. The van der Waals surface area contributed by atoms with Crippen molar-refractivity contribution in [3.63, 3.8) is 0 Å². The van der Waals surface area contributed by atoms with Gasteiger partial charge in [-0.2, -0.15) is 0 Å². The lowest BCUT2D eigenvalue weighted by atomic mass is 9.96. The summed E-state index contributed by atoms with van der Waals surface area (Å²) in [5.74, 6) is 2.73. The average Bonchev–Trinajstić information content (AvgIpc) is 3.57. The van der Waals surface area contributed by atoms with Crippen molar-refractivity contribution in [3.05, 3.63) is 52.2 Å². The lowest BCUT2D eigenvalue weighted by Gasteiger charge is -2.32. The first-order valence-electron chi connectivity index (χ1n) is 10.3. The summed E-state index contributed by atoms with van der Waals surface area (Å²) in [5, 5.41) is 0. The Morgan fingerprint density at radius 3 is 2.26 bits per heavy atom. The number of rotatable bonds is 6. The minimum atomic E-state index is 0.113. The highest BCUT2D eigenvalue weighted by molar-refractivity contribution is 5.13. The molecule has 142 valence electrons. The lowest BCUT2D eigenvalue weighted by molar-refractivity contribution is 0.166. The molecule has 0 unspecified atom stereocenters. The molecule has 0 aromatic carbocycles. The van der Waals surface area contributed by atoms with E-state index in [1.54, 1.807) is 17.0 Å². The summed E-state index contributed by atoms with van der Waals surface area (Å²) in [6, 6.07) is 1.75. The van der Waals surface area contributed by atoms with Crippen molar-refractivity contribution in [3.8, 4) is 0 Å². The monoisotopic (exact) mass is 365 g/mol. The predicted molar refractivity (Wildman–Crippen MR) is 102 cm³/mol. The Bertz CT molecular complexity index is 846. The molecule has 2 aliphatic carbocycles. The van der Waals surface area contributed by atoms with Gasteiger partial charge < -0.3 is 0 Å². The largest absolute Gasteiger partial charge is 0.299 e. The molecule has 0 amide bonds. The normalized spacial score (nSPS) is 21.5. The van der Waals surface area contributed by atoms with Crippen molar-refractivity contribution < 1.29 is 0 Å². The van der Waals surface area contributed by atoms with Crippen molar-refractivity contribution >= 4 is 0 Å².